The highest BCUT2D eigenvalue weighted by Gasteiger charge is 2.00. The summed E-state index contributed by atoms with van der Waals surface area (Å²) in [4.78, 5) is 1.37. The summed E-state index contributed by atoms with van der Waals surface area (Å²) in [5.41, 5.74) is 0. The lowest BCUT2D eigenvalue weighted by Crippen LogP contribution is -2.15. The van der Waals surface area contributed by atoms with Gasteiger partial charge in [-0.1, -0.05) is 0 Å². The van der Waals surface area contributed by atoms with Crippen molar-refractivity contribution in [2.75, 3.05) is 6.54 Å². The second-order valence-electron chi connectivity index (χ2n) is 3.34. The molecule has 0 atom stereocenters. The predicted molar refractivity (Wildman–Crippen MR) is 71.1 cm³/mol. The van der Waals surface area contributed by atoms with Crippen molar-refractivity contribution in [1.82, 2.24) is 5.32 Å². The third-order valence-corrected chi connectivity index (χ3v) is 3.99. The molecule has 5 heteroatoms. The molecule has 0 bridgehead atoms. The zero-order valence-electron chi connectivity index (χ0n) is 8.50. The molecule has 0 aromatic carbocycles. The van der Waals surface area contributed by atoms with Gasteiger partial charge < -0.3 is 9.73 Å². The molecule has 0 saturated heterocycles. The molecule has 2 aromatic heterocycles. The number of furan rings is 1. The average Bonchev–Trinajstić information content (AvgIpc) is 2.83. The molecule has 0 aliphatic carbocycles. The van der Waals surface area contributed by atoms with Crippen molar-refractivity contribution in [3.05, 3.63) is 43.9 Å². The van der Waals surface area contributed by atoms with Crippen molar-refractivity contribution in [1.29, 1.82) is 0 Å². The van der Waals surface area contributed by atoms with Crippen LogP contribution >= 0.6 is 38.9 Å². The van der Waals surface area contributed by atoms with Gasteiger partial charge in [0.05, 0.1) is 10.3 Å². The highest BCUT2D eigenvalue weighted by Crippen LogP contribution is 2.22. The molecule has 0 fully saturated rings. The maximum atomic E-state index is 5.67. The van der Waals surface area contributed by atoms with Crippen LogP contribution in [0.5, 0.6) is 0 Å². The molecule has 16 heavy (non-hydrogen) atoms. The van der Waals surface area contributed by atoms with Crippen molar-refractivity contribution in [2.24, 2.45) is 0 Å². The van der Waals surface area contributed by atoms with Gasteiger partial charge in [0, 0.05) is 11.4 Å². The summed E-state index contributed by atoms with van der Waals surface area (Å²) in [7, 11) is 0. The number of nitrogens with one attached hydrogen (secondary N) is 1. The first-order valence-corrected chi connectivity index (χ1v) is 6.92. The number of hydrogen-bond acceptors (Lipinski definition) is 3. The lowest BCUT2D eigenvalue weighted by atomic mass is 10.3. The van der Waals surface area contributed by atoms with Crippen molar-refractivity contribution in [2.45, 2.75) is 13.0 Å². The summed E-state index contributed by atoms with van der Waals surface area (Å²) in [6.45, 7) is 1.66. The van der Waals surface area contributed by atoms with E-state index in [2.05, 4.69) is 33.4 Å². The van der Waals surface area contributed by atoms with Gasteiger partial charge in [-0.2, -0.15) is 0 Å². The molecule has 0 unspecified atom stereocenters. The molecule has 0 amide bonds. The molecule has 2 rings (SSSR count). The Morgan fingerprint density at radius 1 is 1.31 bits per heavy atom. The minimum atomic E-state index is 0.444. The molecule has 1 N–H and O–H groups in total. The zero-order chi connectivity index (χ0) is 11.4. The lowest BCUT2D eigenvalue weighted by Gasteiger charge is -2.00. The highest BCUT2D eigenvalue weighted by molar-refractivity contribution is 9.11. The Bertz CT molecular complexity index is 412. The topological polar surface area (TPSA) is 25.2 Å². The Morgan fingerprint density at radius 2 is 2.19 bits per heavy atom. The number of rotatable bonds is 5. The van der Waals surface area contributed by atoms with Crippen LogP contribution in [0.25, 0.3) is 0 Å². The Kier molecular flexibility index (Phi) is 4.46. The molecule has 2 heterocycles. The van der Waals surface area contributed by atoms with Gasteiger partial charge >= 0.3 is 0 Å². The molecule has 2 aromatic rings. The molecular weight excluding hydrogens is 310 g/mol. The second kappa shape index (κ2) is 5.87. The van der Waals surface area contributed by atoms with Crippen LogP contribution in [-0.4, -0.2) is 6.54 Å². The van der Waals surface area contributed by atoms with E-state index < -0.39 is 0 Å². The van der Waals surface area contributed by atoms with Crippen molar-refractivity contribution in [3.8, 4) is 0 Å². The van der Waals surface area contributed by atoms with Crippen molar-refractivity contribution in [3.63, 3.8) is 0 Å². The van der Waals surface area contributed by atoms with Gasteiger partial charge in [-0.15, -0.1) is 11.3 Å². The Hall–Kier alpha value is -0.290. The third-order valence-electron chi connectivity index (χ3n) is 2.11. The summed E-state index contributed by atoms with van der Waals surface area (Å²) in [5, 5.41) is 3.76. The summed E-state index contributed by atoms with van der Waals surface area (Å²) in [5.74, 6) is 0.873. The molecule has 0 radical (unpaired) electrons. The fourth-order valence-corrected chi connectivity index (χ4v) is 3.00. The van der Waals surface area contributed by atoms with E-state index in [-0.39, 0.29) is 0 Å². The van der Waals surface area contributed by atoms with E-state index in [9.17, 15) is 0 Å². The number of thiophene rings is 1. The maximum Gasteiger partial charge on any atom is 0.193 e. The molecular formula is C11H11BrClNOS. The fourth-order valence-electron chi connectivity index (χ4n) is 1.36. The van der Waals surface area contributed by atoms with E-state index in [1.807, 2.05) is 6.07 Å². The van der Waals surface area contributed by atoms with E-state index in [1.165, 1.54) is 8.66 Å². The number of halogens is 2. The Labute approximate surface area is 112 Å². The van der Waals surface area contributed by atoms with Gasteiger partial charge in [0.2, 0.25) is 0 Å². The molecule has 0 aliphatic rings. The van der Waals surface area contributed by atoms with Gasteiger partial charge in [0.1, 0.15) is 5.76 Å². The summed E-state index contributed by atoms with van der Waals surface area (Å²) in [6.07, 6.45) is 1.03. The number of hydrogen-bond donors (Lipinski definition) is 1. The lowest BCUT2D eigenvalue weighted by molar-refractivity contribution is 0.486. The quantitative estimate of drug-likeness (QED) is 0.839. The SMILES string of the molecule is Clc1ccc(CNCCc2ccc(Br)s2)o1. The fraction of sp³-hybridized carbons (Fsp3) is 0.273. The van der Waals surface area contributed by atoms with Crippen LogP contribution in [0.1, 0.15) is 10.6 Å². The molecule has 2 nitrogen and oxygen atoms in total. The summed E-state index contributed by atoms with van der Waals surface area (Å²) >= 11 is 10.9. The maximum absolute atomic E-state index is 5.67. The highest BCUT2D eigenvalue weighted by atomic mass is 79.9. The van der Waals surface area contributed by atoms with Gasteiger partial charge in [-0.25, -0.2) is 0 Å². The van der Waals surface area contributed by atoms with Crippen molar-refractivity contribution < 1.29 is 4.42 Å². The van der Waals surface area contributed by atoms with Crippen LogP contribution in [0.2, 0.25) is 5.22 Å². The van der Waals surface area contributed by atoms with Gasteiger partial charge in [0.15, 0.2) is 5.22 Å². The van der Waals surface area contributed by atoms with Crippen LogP contribution in [-0.2, 0) is 13.0 Å². The van der Waals surface area contributed by atoms with Crippen LogP contribution in [0, 0.1) is 0 Å². The van der Waals surface area contributed by atoms with Crippen LogP contribution in [0.4, 0.5) is 0 Å². The van der Waals surface area contributed by atoms with Crippen LogP contribution < -0.4 is 5.32 Å². The first-order chi connectivity index (χ1) is 7.74. The van der Waals surface area contributed by atoms with Crippen LogP contribution in [0.15, 0.2) is 32.5 Å². The Morgan fingerprint density at radius 3 is 2.81 bits per heavy atom. The Balaban J connectivity index is 1.69. The predicted octanol–water partition coefficient (Wildman–Crippen LogP) is 4.09. The van der Waals surface area contributed by atoms with Crippen LogP contribution in [0.3, 0.4) is 0 Å². The molecule has 0 aliphatic heterocycles. The summed E-state index contributed by atoms with van der Waals surface area (Å²) < 4.78 is 6.42. The molecule has 0 spiro atoms. The van der Waals surface area contributed by atoms with Gasteiger partial charge in [-0.05, 0) is 58.2 Å². The van der Waals surface area contributed by atoms with Gasteiger partial charge in [0.25, 0.3) is 0 Å². The zero-order valence-corrected chi connectivity index (χ0v) is 11.7. The minimum absolute atomic E-state index is 0.444. The minimum Gasteiger partial charge on any atom is -0.448 e. The smallest absolute Gasteiger partial charge is 0.193 e. The third kappa shape index (κ3) is 3.63. The van der Waals surface area contributed by atoms with E-state index in [1.54, 1.807) is 17.4 Å². The van der Waals surface area contributed by atoms with Crippen molar-refractivity contribution >= 4 is 38.9 Å². The normalized spacial score (nSPS) is 10.9. The standard InChI is InChI=1S/C11H11BrClNOS/c12-10-3-2-9(16-10)5-6-14-7-8-1-4-11(13)15-8/h1-4,14H,5-7H2. The molecule has 86 valence electrons. The first kappa shape index (κ1) is 12.2. The largest absolute Gasteiger partial charge is 0.448 e. The first-order valence-electron chi connectivity index (χ1n) is 4.93. The summed E-state index contributed by atoms with van der Waals surface area (Å²) in [6, 6.07) is 7.86. The monoisotopic (exact) mass is 319 g/mol. The second-order valence-corrected chi connectivity index (χ2v) is 6.26. The van der Waals surface area contributed by atoms with E-state index in [0.717, 1.165) is 25.3 Å². The van der Waals surface area contributed by atoms with E-state index in [4.69, 9.17) is 16.0 Å². The van der Waals surface area contributed by atoms with E-state index in [0.29, 0.717) is 5.22 Å². The average molecular weight is 321 g/mol. The van der Waals surface area contributed by atoms with E-state index >= 15 is 0 Å². The molecule has 0 saturated carbocycles. The van der Waals surface area contributed by atoms with Gasteiger partial charge in [-0.3, -0.25) is 0 Å².